The summed E-state index contributed by atoms with van der Waals surface area (Å²) in [5, 5.41) is 12.8. The van der Waals surface area contributed by atoms with Crippen molar-refractivity contribution < 1.29 is 9.53 Å². The van der Waals surface area contributed by atoms with E-state index in [-0.39, 0.29) is 17.6 Å². The van der Waals surface area contributed by atoms with Crippen molar-refractivity contribution in [1.29, 1.82) is 0 Å². The van der Waals surface area contributed by atoms with Gasteiger partial charge in [-0.15, -0.1) is 10.2 Å². The number of methoxy groups -OCH3 is 1. The molecule has 0 N–H and O–H groups in total. The fourth-order valence-corrected chi connectivity index (χ4v) is 3.01. The summed E-state index contributed by atoms with van der Waals surface area (Å²) in [6, 6.07) is 0.0651. The average molecular weight is 325 g/mol. The minimum absolute atomic E-state index is 0.0651. The number of carbonyl (C=O) groups excluding carboxylic acids is 1. The molecule has 3 rings (SSSR count). The van der Waals surface area contributed by atoms with E-state index < -0.39 is 0 Å². The molecular weight excluding hydrogens is 308 g/mol. The van der Waals surface area contributed by atoms with Gasteiger partial charge in [0.2, 0.25) is 0 Å². The van der Waals surface area contributed by atoms with Crippen molar-refractivity contribution in [3.05, 3.63) is 28.6 Å². The molecule has 0 aliphatic carbocycles. The maximum atomic E-state index is 12.6. The number of rotatable bonds is 3. The number of amides is 1. The maximum absolute atomic E-state index is 12.6. The van der Waals surface area contributed by atoms with Crippen molar-refractivity contribution in [2.75, 3.05) is 13.7 Å². The Morgan fingerprint density at radius 3 is 2.91 bits per heavy atom. The van der Waals surface area contributed by atoms with Crippen LogP contribution in [0.1, 0.15) is 35.1 Å². The lowest BCUT2D eigenvalue weighted by molar-refractivity contribution is 0.0668. The molecule has 3 heterocycles. The van der Waals surface area contributed by atoms with E-state index in [1.807, 2.05) is 11.5 Å². The van der Waals surface area contributed by atoms with Crippen LogP contribution in [0.4, 0.5) is 0 Å². The van der Waals surface area contributed by atoms with E-state index in [9.17, 15) is 4.79 Å². The zero-order valence-corrected chi connectivity index (χ0v) is 13.4. The summed E-state index contributed by atoms with van der Waals surface area (Å²) in [5.41, 5.74) is 0.265. The van der Waals surface area contributed by atoms with Crippen LogP contribution in [0, 0.1) is 0 Å². The van der Waals surface area contributed by atoms with Gasteiger partial charge in [-0.2, -0.15) is 5.10 Å². The molecule has 0 unspecified atom stereocenters. The quantitative estimate of drug-likeness (QED) is 0.842. The van der Waals surface area contributed by atoms with Crippen molar-refractivity contribution in [2.45, 2.75) is 26.1 Å². The third-order valence-corrected chi connectivity index (χ3v) is 3.92. The van der Waals surface area contributed by atoms with E-state index >= 15 is 0 Å². The molecule has 1 amide bonds. The molecule has 0 fully saturated rings. The van der Waals surface area contributed by atoms with Gasteiger partial charge in [0.05, 0.1) is 17.6 Å². The van der Waals surface area contributed by atoms with E-state index in [1.54, 1.807) is 25.3 Å². The SMILES string of the molecule is COCc1nnc2n1[C@@H](C)CN(C(=O)c1nn(C)cc1Cl)C2. The van der Waals surface area contributed by atoms with Crippen molar-refractivity contribution in [1.82, 2.24) is 29.4 Å². The first-order chi connectivity index (χ1) is 10.5. The lowest BCUT2D eigenvalue weighted by Crippen LogP contribution is -2.41. The molecule has 1 atom stereocenters. The number of hydrogen-bond donors (Lipinski definition) is 0. The third kappa shape index (κ3) is 2.48. The van der Waals surface area contributed by atoms with Gasteiger partial charge >= 0.3 is 0 Å². The molecule has 0 bridgehead atoms. The van der Waals surface area contributed by atoms with Crippen LogP contribution in [-0.2, 0) is 24.9 Å². The Bertz CT molecular complexity index is 709. The first-order valence-electron chi connectivity index (χ1n) is 6.91. The number of carbonyl (C=O) groups is 1. The highest BCUT2D eigenvalue weighted by atomic mass is 35.5. The topological polar surface area (TPSA) is 78.1 Å². The molecule has 0 saturated carbocycles. The second kappa shape index (κ2) is 5.69. The van der Waals surface area contributed by atoms with Gasteiger partial charge in [0, 0.05) is 26.9 Å². The molecule has 0 radical (unpaired) electrons. The molecule has 1 aliphatic rings. The van der Waals surface area contributed by atoms with Gasteiger partial charge in [0.15, 0.2) is 17.3 Å². The number of fused-ring (bicyclic) bond motifs is 1. The molecule has 0 aromatic carbocycles. The standard InChI is InChI=1S/C13H17ClN6O2/c1-8-4-19(13(21)12-9(14)5-18(2)17-12)6-10-15-16-11(7-22-3)20(8)10/h5,8H,4,6-7H2,1-3H3/t8-/m0/s1. The monoisotopic (exact) mass is 324 g/mol. The Hall–Kier alpha value is -1.93. The van der Waals surface area contributed by atoms with Gasteiger partial charge < -0.3 is 14.2 Å². The molecule has 2 aromatic rings. The normalized spacial score (nSPS) is 17.6. The van der Waals surface area contributed by atoms with Crippen molar-refractivity contribution in [2.24, 2.45) is 7.05 Å². The fraction of sp³-hybridized carbons (Fsp3) is 0.538. The van der Waals surface area contributed by atoms with Gasteiger partial charge in [-0.25, -0.2) is 0 Å². The Kier molecular flexibility index (Phi) is 3.88. The molecule has 22 heavy (non-hydrogen) atoms. The van der Waals surface area contributed by atoms with Crippen LogP contribution in [0.3, 0.4) is 0 Å². The highest BCUT2D eigenvalue weighted by Gasteiger charge is 2.31. The van der Waals surface area contributed by atoms with E-state index in [0.717, 1.165) is 11.6 Å². The highest BCUT2D eigenvalue weighted by Crippen LogP contribution is 2.24. The van der Waals surface area contributed by atoms with Gasteiger partial charge in [0.1, 0.15) is 6.61 Å². The molecule has 118 valence electrons. The molecule has 9 heteroatoms. The van der Waals surface area contributed by atoms with Crippen molar-refractivity contribution >= 4 is 17.5 Å². The summed E-state index contributed by atoms with van der Waals surface area (Å²) in [6.07, 6.45) is 1.61. The smallest absolute Gasteiger partial charge is 0.276 e. The second-order valence-electron chi connectivity index (χ2n) is 5.37. The average Bonchev–Trinajstić information content (AvgIpc) is 3.02. The van der Waals surface area contributed by atoms with E-state index in [4.69, 9.17) is 16.3 Å². The Morgan fingerprint density at radius 1 is 1.50 bits per heavy atom. The zero-order valence-electron chi connectivity index (χ0n) is 12.7. The van der Waals surface area contributed by atoms with Crippen LogP contribution in [0.2, 0.25) is 5.02 Å². The number of nitrogens with zero attached hydrogens (tertiary/aromatic N) is 6. The summed E-state index contributed by atoms with van der Waals surface area (Å²) in [7, 11) is 3.35. The largest absolute Gasteiger partial charge is 0.377 e. The van der Waals surface area contributed by atoms with Crippen LogP contribution in [-0.4, -0.2) is 49.0 Å². The first-order valence-corrected chi connectivity index (χ1v) is 7.29. The predicted octanol–water partition coefficient (Wildman–Crippen LogP) is 1.03. The summed E-state index contributed by atoms with van der Waals surface area (Å²) in [6.45, 7) is 3.35. The van der Waals surface area contributed by atoms with Gasteiger partial charge in [-0.3, -0.25) is 9.48 Å². The van der Waals surface area contributed by atoms with E-state index in [2.05, 4.69) is 15.3 Å². The van der Waals surface area contributed by atoms with Gasteiger partial charge in [0.25, 0.3) is 5.91 Å². The Morgan fingerprint density at radius 2 is 2.27 bits per heavy atom. The Labute approximate surface area is 132 Å². The number of ether oxygens (including phenoxy) is 1. The third-order valence-electron chi connectivity index (χ3n) is 3.64. The lowest BCUT2D eigenvalue weighted by atomic mass is 10.2. The highest BCUT2D eigenvalue weighted by molar-refractivity contribution is 6.33. The molecule has 2 aromatic heterocycles. The van der Waals surface area contributed by atoms with Crippen LogP contribution < -0.4 is 0 Å². The van der Waals surface area contributed by atoms with Crippen LogP contribution in [0.5, 0.6) is 0 Å². The van der Waals surface area contributed by atoms with E-state index in [0.29, 0.717) is 24.7 Å². The van der Waals surface area contributed by atoms with E-state index in [1.165, 1.54) is 4.68 Å². The Balaban J connectivity index is 1.86. The summed E-state index contributed by atoms with van der Waals surface area (Å²) < 4.78 is 8.68. The van der Waals surface area contributed by atoms with Crippen LogP contribution in [0.15, 0.2) is 6.20 Å². The molecular formula is C13H17ClN6O2. The molecule has 0 saturated heterocycles. The van der Waals surface area contributed by atoms with Crippen LogP contribution >= 0.6 is 11.6 Å². The maximum Gasteiger partial charge on any atom is 0.276 e. The minimum Gasteiger partial charge on any atom is -0.377 e. The predicted molar refractivity (Wildman–Crippen MR) is 78.4 cm³/mol. The van der Waals surface area contributed by atoms with Gasteiger partial charge in [-0.05, 0) is 6.92 Å². The number of aryl methyl sites for hydroxylation is 1. The number of hydrogen-bond acceptors (Lipinski definition) is 5. The van der Waals surface area contributed by atoms with Crippen LogP contribution in [0.25, 0.3) is 0 Å². The minimum atomic E-state index is -0.194. The van der Waals surface area contributed by atoms with Crippen molar-refractivity contribution in [3.8, 4) is 0 Å². The summed E-state index contributed by atoms with van der Waals surface area (Å²) in [4.78, 5) is 14.3. The second-order valence-corrected chi connectivity index (χ2v) is 5.78. The van der Waals surface area contributed by atoms with Crippen molar-refractivity contribution in [3.63, 3.8) is 0 Å². The summed E-state index contributed by atoms with van der Waals surface area (Å²) in [5.74, 6) is 1.32. The zero-order chi connectivity index (χ0) is 15.9. The number of halogens is 1. The lowest BCUT2D eigenvalue weighted by Gasteiger charge is -2.32. The first kappa shape index (κ1) is 15.0. The molecule has 0 spiro atoms. The van der Waals surface area contributed by atoms with Gasteiger partial charge in [-0.1, -0.05) is 11.6 Å². The molecule has 8 nitrogen and oxygen atoms in total. The molecule has 1 aliphatic heterocycles. The summed E-state index contributed by atoms with van der Waals surface area (Å²) >= 11 is 6.06. The fourth-order valence-electron chi connectivity index (χ4n) is 2.75. The number of aromatic nitrogens is 5.